The van der Waals surface area contributed by atoms with Crippen LogP contribution in [0.3, 0.4) is 0 Å². The predicted molar refractivity (Wildman–Crippen MR) is 183 cm³/mol. The van der Waals surface area contributed by atoms with E-state index in [1.165, 1.54) is 42.5 Å². The van der Waals surface area contributed by atoms with Gasteiger partial charge in [-0.05, 0) is 75.1 Å². The first-order valence-electron chi connectivity index (χ1n) is 16.5. The van der Waals surface area contributed by atoms with Gasteiger partial charge in [-0.3, -0.25) is 4.79 Å². The number of para-hydroxylation sites is 1. The molecule has 5 nitrogen and oxygen atoms in total. The predicted octanol–water partition coefficient (Wildman–Crippen LogP) is 10.2. The van der Waals surface area contributed by atoms with E-state index in [0.29, 0.717) is 22.0 Å². The summed E-state index contributed by atoms with van der Waals surface area (Å²) in [7, 11) is 0. The number of amides is 1. The molecule has 0 atom stereocenters. The van der Waals surface area contributed by atoms with Crippen LogP contribution in [-0.4, -0.2) is 23.0 Å². The average Bonchev–Trinajstić information content (AvgIpc) is 3.32. The van der Waals surface area contributed by atoms with Gasteiger partial charge in [0.05, 0.1) is 28.4 Å². The van der Waals surface area contributed by atoms with Crippen molar-refractivity contribution in [3.63, 3.8) is 0 Å². The van der Waals surface area contributed by atoms with E-state index in [2.05, 4.69) is 43.4 Å². The lowest BCUT2D eigenvalue weighted by Gasteiger charge is -2.14. The molecule has 0 saturated carbocycles. The fourth-order valence-electron chi connectivity index (χ4n) is 6.17. The second-order valence-corrected chi connectivity index (χ2v) is 13.9. The maximum Gasteiger partial charge on any atom is 0.341 e. The van der Waals surface area contributed by atoms with Gasteiger partial charge in [0.25, 0.3) is 5.91 Å². The maximum atomic E-state index is 14.1. The summed E-state index contributed by atoms with van der Waals surface area (Å²) in [5, 5.41) is 4.57. The Bertz CT molecular complexity index is 1590. The Kier molecular flexibility index (Phi) is 10.9. The fraction of sp³-hybridized carbons (Fsp3) is 0.447. The molecule has 1 amide bonds. The van der Waals surface area contributed by atoms with E-state index in [-0.39, 0.29) is 18.0 Å². The SMILES string of the molecule is CC(C)Cc1ccc(-c2cc(C(=O)Nc3sc4c(c3C(=O)OC(C)C)CCCCCCCCCC4)c3ccccc3n2)cc1. The molecule has 2 heterocycles. The molecule has 0 unspecified atom stereocenters. The van der Waals surface area contributed by atoms with Crippen molar-refractivity contribution in [1.82, 2.24) is 4.98 Å². The number of fused-ring (bicyclic) bond motifs is 2. The number of anilines is 1. The summed E-state index contributed by atoms with van der Waals surface area (Å²) < 4.78 is 5.75. The van der Waals surface area contributed by atoms with Gasteiger partial charge in [-0.25, -0.2) is 9.78 Å². The van der Waals surface area contributed by atoms with Crippen LogP contribution in [-0.2, 0) is 24.0 Å². The Hall–Kier alpha value is -3.51. The van der Waals surface area contributed by atoms with E-state index < -0.39 is 0 Å². The third kappa shape index (κ3) is 7.95. The highest BCUT2D eigenvalue weighted by molar-refractivity contribution is 7.17. The molecule has 1 aliphatic carbocycles. The third-order valence-electron chi connectivity index (χ3n) is 8.30. The summed E-state index contributed by atoms with van der Waals surface area (Å²) in [5.41, 5.74) is 5.93. The van der Waals surface area contributed by atoms with Crippen LogP contribution in [0.1, 0.15) is 116 Å². The molecule has 4 aromatic rings. The number of aromatic nitrogens is 1. The topological polar surface area (TPSA) is 68.3 Å². The number of carbonyl (C=O) groups excluding carboxylic acids is 2. The van der Waals surface area contributed by atoms with Crippen molar-refractivity contribution < 1.29 is 14.3 Å². The van der Waals surface area contributed by atoms with Crippen molar-refractivity contribution >= 4 is 39.1 Å². The lowest BCUT2D eigenvalue weighted by atomic mass is 9.97. The van der Waals surface area contributed by atoms with Crippen molar-refractivity contribution in [3.05, 3.63) is 81.7 Å². The molecule has 1 N–H and O–H groups in total. The molecule has 0 radical (unpaired) electrons. The Morgan fingerprint density at radius 2 is 1.52 bits per heavy atom. The molecule has 0 saturated heterocycles. The number of nitrogens with zero attached hydrogens (tertiary/aromatic N) is 1. The standard InChI is InChI=1S/C38H46N2O3S/c1-25(2)23-27-19-21-28(22-20-27)33-24-31(29-15-13-14-17-32(29)39-33)36(41)40-37-35(38(42)43-26(3)4)30-16-11-9-7-5-6-8-10-12-18-34(30)44-37/h13-15,17,19-22,24-26H,5-12,16,18,23H2,1-4H3,(H,40,41). The van der Waals surface area contributed by atoms with Crippen molar-refractivity contribution in [1.29, 1.82) is 0 Å². The van der Waals surface area contributed by atoms with Gasteiger partial charge in [0.2, 0.25) is 0 Å². The number of carbonyl (C=O) groups is 2. The first kappa shape index (κ1) is 31.9. The number of ether oxygens (including phenoxy) is 1. The van der Waals surface area contributed by atoms with Crippen LogP contribution in [0.5, 0.6) is 0 Å². The summed E-state index contributed by atoms with van der Waals surface area (Å²) in [6.07, 6.45) is 12.1. The monoisotopic (exact) mass is 610 g/mol. The summed E-state index contributed by atoms with van der Waals surface area (Å²) in [6, 6.07) is 18.1. The van der Waals surface area contributed by atoms with Gasteiger partial charge in [-0.2, -0.15) is 0 Å². The summed E-state index contributed by atoms with van der Waals surface area (Å²) in [5.74, 6) is -0.00369. The number of rotatable bonds is 7. The lowest BCUT2D eigenvalue weighted by Crippen LogP contribution is -2.18. The van der Waals surface area contributed by atoms with Gasteiger partial charge >= 0.3 is 5.97 Å². The van der Waals surface area contributed by atoms with E-state index >= 15 is 0 Å². The van der Waals surface area contributed by atoms with E-state index in [0.717, 1.165) is 66.2 Å². The number of hydrogen-bond acceptors (Lipinski definition) is 5. The zero-order chi connectivity index (χ0) is 31.1. The fourth-order valence-corrected chi connectivity index (χ4v) is 7.44. The molecule has 0 fully saturated rings. The highest BCUT2D eigenvalue weighted by Gasteiger charge is 2.27. The molecule has 1 aliphatic rings. The van der Waals surface area contributed by atoms with Gasteiger partial charge in [-0.1, -0.05) is 94.8 Å². The minimum atomic E-state index is -0.346. The number of hydrogen-bond donors (Lipinski definition) is 1. The zero-order valence-corrected chi connectivity index (χ0v) is 27.5. The average molecular weight is 611 g/mol. The number of nitrogens with one attached hydrogen (secondary N) is 1. The van der Waals surface area contributed by atoms with Crippen LogP contribution in [0.15, 0.2) is 54.6 Å². The van der Waals surface area contributed by atoms with Crippen LogP contribution in [0, 0.1) is 5.92 Å². The molecule has 0 bridgehead atoms. The second kappa shape index (κ2) is 15.0. The number of benzene rings is 2. The molecule has 2 aromatic carbocycles. The van der Waals surface area contributed by atoms with Crippen molar-refractivity contribution in [3.8, 4) is 11.3 Å². The summed E-state index contributed by atoms with van der Waals surface area (Å²) >= 11 is 1.55. The van der Waals surface area contributed by atoms with Crippen molar-refractivity contribution in [2.75, 3.05) is 5.32 Å². The van der Waals surface area contributed by atoms with Crippen LogP contribution < -0.4 is 5.32 Å². The summed E-state index contributed by atoms with van der Waals surface area (Å²) in [4.78, 5) is 33.8. The minimum Gasteiger partial charge on any atom is -0.459 e. The molecular formula is C38H46N2O3S. The smallest absolute Gasteiger partial charge is 0.341 e. The number of pyridine rings is 1. The molecular weight excluding hydrogens is 564 g/mol. The van der Waals surface area contributed by atoms with Gasteiger partial charge in [-0.15, -0.1) is 11.3 Å². The number of aryl methyl sites for hydroxylation is 1. The van der Waals surface area contributed by atoms with Crippen LogP contribution in [0.25, 0.3) is 22.2 Å². The van der Waals surface area contributed by atoms with Crippen LogP contribution >= 0.6 is 11.3 Å². The number of thiophene rings is 1. The Labute approximate surface area is 266 Å². The van der Waals surface area contributed by atoms with Gasteiger partial charge < -0.3 is 10.1 Å². The Balaban J connectivity index is 1.52. The molecule has 6 heteroatoms. The normalized spacial score (nSPS) is 14.6. The van der Waals surface area contributed by atoms with Gasteiger partial charge in [0.1, 0.15) is 5.00 Å². The quantitative estimate of drug-likeness (QED) is 0.211. The summed E-state index contributed by atoms with van der Waals surface area (Å²) in [6.45, 7) is 8.18. The molecule has 44 heavy (non-hydrogen) atoms. The first-order valence-corrected chi connectivity index (χ1v) is 17.3. The van der Waals surface area contributed by atoms with Gasteiger partial charge in [0.15, 0.2) is 0 Å². The van der Waals surface area contributed by atoms with Gasteiger partial charge in [0, 0.05) is 15.8 Å². The van der Waals surface area contributed by atoms with Crippen molar-refractivity contribution in [2.24, 2.45) is 5.92 Å². The highest BCUT2D eigenvalue weighted by Crippen LogP contribution is 2.38. The molecule has 2 aromatic heterocycles. The second-order valence-electron chi connectivity index (χ2n) is 12.8. The maximum absolute atomic E-state index is 14.1. The number of esters is 1. The molecule has 232 valence electrons. The molecule has 5 rings (SSSR count). The molecule has 0 aliphatic heterocycles. The largest absolute Gasteiger partial charge is 0.459 e. The van der Waals surface area contributed by atoms with E-state index in [4.69, 9.17) is 9.72 Å². The van der Waals surface area contributed by atoms with E-state index in [9.17, 15) is 9.59 Å². The zero-order valence-electron chi connectivity index (χ0n) is 26.7. The molecule has 0 spiro atoms. The third-order valence-corrected chi connectivity index (χ3v) is 9.51. The van der Waals surface area contributed by atoms with Crippen LogP contribution in [0.2, 0.25) is 0 Å². The van der Waals surface area contributed by atoms with E-state index in [1.54, 1.807) is 11.3 Å². The lowest BCUT2D eigenvalue weighted by molar-refractivity contribution is 0.0378. The van der Waals surface area contributed by atoms with Crippen molar-refractivity contribution in [2.45, 2.75) is 104 Å². The highest BCUT2D eigenvalue weighted by atomic mass is 32.1. The minimum absolute atomic E-state index is 0.239. The Morgan fingerprint density at radius 3 is 2.20 bits per heavy atom. The van der Waals surface area contributed by atoms with Crippen LogP contribution in [0.4, 0.5) is 5.00 Å². The Morgan fingerprint density at radius 1 is 0.864 bits per heavy atom. The van der Waals surface area contributed by atoms with E-state index in [1.807, 2.05) is 44.2 Å². The first-order chi connectivity index (χ1) is 21.3.